The number of likely N-dealkylation sites (tertiary alicyclic amines) is 1. The third-order valence-corrected chi connectivity index (χ3v) is 4.52. The first-order valence-electron chi connectivity index (χ1n) is 8.92. The number of nitrogens with zero attached hydrogens (tertiary/aromatic N) is 2. The molecule has 0 spiro atoms. The summed E-state index contributed by atoms with van der Waals surface area (Å²) in [6.07, 6.45) is 5.10. The lowest BCUT2D eigenvalue weighted by Gasteiger charge is -2.28. The summed E-state index contributed by atoms with van der Waals surface area (Å²) in [5.41, 5.74) is 12.1. The second kappa shape index (κ2) is 8.79. The summed E-state index contributed by atoms with van der Waals surface area (Å²) in [7, 11) is 0. The Kier molecular flexibility index (Phi) is 6.73. The number of nitrogens with one attached hydrogen (secondary N) is 2. The van der Waals surface area contributed by atoms with Gasteiger partial charge in [-0.15, -0.1) is 0 Å². The molecule has 6 N–H and O–H groups in total. The number of carbonyl (C=O) groups excluding carboxylic acids is 3. The van der Waals surface area contributed by atoms with E-state index in [9.17, 15) is 14.4 Å². The lowest BCUT2D eigenvalue weighted by atomic mass is 10.0. The highest BCUT2D eigenvalue weighted by molar-refractivity contribution is 5.93. The number of imidazole rings is 1. The summed E-state index contributed by atoms with van der Waals surface area (Å²) in [6, 6.07) is -2.16. The van der Waals surface area contributed by atoms with E-state index < -0.39 is 24.0 Å². The fourth-order valence-electron chi connectivity index (χ4n) is 3.24. The lowest BCUT2D eigenvalue weighted by molar-refractivity contribution is -0.140. The van der Waals surface area contributed by atoms with E-state index >= 15 is 0 Å². The summed E-state index contributed by atoms with van der Waals surface area (Å²) in [5, 5.41) is 2.74. The van der Waals surface area contributed by atoms with Crippen molar-refractivity contribution in [2.75, 3.05) is 6.54 Å². The van der Waals surface area contributed by atoms with E-state index in [-0.39, 0.29) is 24.2 Å². The molecule has 0 bridgehead atoms. The van der Waals surface area contributed by atoms with Crippen LogP contribution in [0.3, 0.4) is 0 Å². The zero-order chi connectivity index (χ0) is 19.3. The molecule has 1 aliphatic rings. The largest absolute Gasteiger partial charge is 0.368 e. The molecule has 0 aliphatic carbocycles. The lowest BCUT2D eigenvalue weighted by Crippen LogP contribution is -2.56. The van der Waals surface area contributed by atoms with Crippen molar-refractivity contribution in [3.63, 3.8) is 0 Å². The van der Waals surface area contributed by atoms with Crippen LogP contribution in [0.5, 0.6) is 0 Å². The van der Waals surface area contributed by atoms with Gasteiger partial charge in [-0.25, -0.2) is 4.98 Å². The van der Waals surface area contributed by atoms with E-state index in [2.05, 4.69) is 15.3 Å². The van der Waals surface area contributed by atoms with Gasteiger partial charge in [-0.3, -0.25) is 14.4 Å². The smallest absolute Gasteiger partial charge is 0.246 e. The van der Waals surface area contributed by atoms with Crippen LogP contribution in [0.4, 0.5) is 0 Å². The van der Waals surface area contributed by atoms with E-state index in [0.29, 0.717) is 31.5 Å². The Bertz CT molecular complexity index is 630. The molecule has 2 heterocycles. The summed E-state index contributed by atoms with van der Waals surface area (Å²) in [4.78, 5) is 45.4. The molecule has 0 aromatic carbocycles. The number of rotatable bonds is 8. The van der Waals surface area contributed by atoms with E-state index in [0.717, 1.165) is 0 Å². The first-order valence-corrected chi connectivity index (χ1v) is 8.92. The number of amides is 3. The monoisotopic (exact) mass is 364 g/mol. The maximum Gasteiger partial charge on any atom is 0.246 e. The van der Waals surface area contributed by atoms with Crippen molar-refractivity contribution >= 4 is 17.7 Å². The molecule has 1 fully saturated rings. The van der Waals surface area contributed by atoms with Gasteiger partial charge in [-0.05, 0) is 25.2 Å². The van der Waals surface area contributed by atoms with Crippen molar-refractivity contribution in [1.82, 2.24) is 20.2 Å². The van der Waals surface area contributed by atoms with Gasteiger partial charge in [-0.2, -0.15) is 0 Å². The van der Waals surface area contributed by atoms with E-state index in [1.54, 1.807) is 6.20 Å². The predicted molar refractivity (Wildman–Crippen MR) is 95.6 cm³/mol. The molecule has 1 aliphatic heterocycles. The van der Waals surface area contributed by atoms with Gasteiger partial charge in [-0.1, -0.05) is 13.8 Å². The van der Waals surface area contributed by atoms with Crippen LogP contribution in [0.15, 0.2) is 12.5 Å². The van der Waals surface area contributed by atoms with Gasteiger partial charge in [0.15, 0.2) is 0 Å². The Morgan fingerprint density at radius 2 is 2.15 bits per heavy atom. The molecule has 1 aromatic rings. The number of primary amides is 1. The third kappa shape index (κ3) is 5.04. The second-order valence-electron chi connectivity index (χ2n) is 7.17. The van der Waals surface area contributed by atoms with Crippen LogP contribution in [-0.4, -0.2) is 57.3 Å². The number of hydrogen-bond acceptors (Lipinski definition) is 5. The SMILES string of the molecule is CC(C)CC(N)C(=O)NC(Cc1cnc[nH]1)C(=O)N1CCCC1C(N)=O. The first-order chi connectivity index (χ1) is 12.3. The van der Waals surface area contributed by atoms with Gasteiger partial charge in [0.2, 0.25) is 17.7 Å². The second-order valence-corrected chi connectivity index (χ2v) is 7.17. The molecule has 3 amide bonds. The number of H-pyrrole nitrogens is 1. The molecule has 2 rings (SSSR count). The molecule has 0 radical (unpaired) electrons. The van der Waals surface area contributed by atoms with Crippen LogP contribution < -0.4 is 16.8 Å². The quantitative estimate of drug-likeness (QED) is 0.481. The zero-order valence-corrected chi connectivity index (χ0v) is 15.3. The van der Waals surface area contributed by atoms with Crippen molar-refractivity contribution in [2.45, 2.75) is 57.7 Å². The maximum absolute atomic E-state index is 13.0. The molecule has 1 aromatic heterocycles. The zero-order valence-electron chi connectivity index (χ0n) is 15.3. The predicted octanol–water partition coefficient (Wildman–Crippen LogP) is -0.713. The van der Waals surface area contributed by atoms with Crippen LogP contribution in [0.25, 0.3) is 0 Å². The van der Waals surface area contributed by atoms with Crippen LogP contribution in [0.2, 0.25) is 0 Å². The molecule has 26 heavy (non-hydrogen) atoms. The van der Waals surface area contributed by atoms with Gasteiger partial charge in [0, 0.05) is 24.9 Å². The van der Waals surface area contributed by atoms with Crippen molar-refractivity contribution in [2.24, 2.45) is 17.4 Å². The van der Waals surface area contributed by atoms with Crippen LogP contribution in [-0.2, 0) is 20.8 Å². The summed E-state index contributed by atoms with van der Waals surface area (Å²) in [6.45, 7) is 4.39. The van der Waals surface area contributed by atoms with Gasteiger partial charge < -0.3 is 26.7 Å². The summed E-state index contributed by atoms with van der Waals surface area (Å²) >= 11 is 0. The molecule has 9 heteroatoms. The van der Waals surface area contributed by atoms with E-state index in [1.165, 1.54) is 11.2 Å². The standard InChI is InChI=1S/C17H28N6O3/c1-10(2)6-12(18)16(25)22-13(7-11-8-20-9-21-11)17(26)23-5-3-4-14(23)15(19)24/h8-10,12-14H,3-7,18H2,1-2H3,(H2,19,24)(H,20,21)(H,22,25). The minimum atomic E-state index is -0.832. The van der Waals surface area contributed by atoms with Gasteiger partial charge in [0.25, 0.3) is 0 Å². The molecule has 3 atom stereocenters. The maximum atomic E-state index is 13.0. The number of carbonyl (C=O) groups is 3. The average molecular weight is 364 g/mol. The van der Waals surface area contributed by atoms with Crippen molar-refractivity contribution < 1.29 is 14.4 Å². The highest BCUT2D eigenvalue weighted by Crippen LogP contribution is 2.19. The highest BCUT2D eigenvalue weighted by Gasteiger charge is 2.37. The molecule has 1 saturated heterocycles. The number of aromatic nitrogens is 2. The molecule has 3 unspecified atom stereocenters. The summed E-state index contributed by atoms with van der Waals surface area (Å²) < 4.78 is 0. The Morgan fingerprint density at radius 3 is 2.73 bits per heavy atom. The molecule has 0 saturated carbocycles. The Morgan fingerprint density at radius 1 is 1.42 bits per heavy atom. The Labute approximate surface area is 152 Å². The Balaban J connectivity index is 2.13. The minimum absolute atomic E-state index is 0.237. The van der Waals surface area contributed by atoms with Gasteiger partial charge in [0.1, 0.15) is 12.1 Å². The average Bonchev–Trinajstić information content (AvgIpc) is 3.24. The minimum Gasteiger partial charge on any atom is -0.368 e. The van der Waals surface area contributed by atoms with Crippen molar-refractivity contribution in [3.05, 3.63) is 18.2 Å². The topological polar surface area (TPSA) is 147 Å². The number of hydrogen-bond donors (Lipinski definition) is 4. The summed E-state index contributed by atoms with van der Waals surface area (Å²) in [5.74, 6) is -0.980. The molecule has 144 valence electrons. The number of aromatic amines is 1. The fraction of sp³-hybridized carbons (Fsp3) is 0.647. The van der Waals surface area contributed by atoms with Crippen LogP contribution in [0.1, 0.15) is 38.8 Å². The molecular formula is C17H28N6O3. The number of nitrogens with two attached hydrogens (primary N) is 2. The first kappa shape index (κ1) is 19.9. The van der Waals surface area contributed by atoms with Crippen molar-refractivity contribution in [3.8, 4) is 0 Å². The normalized spacial score (nSPS) is 19.4. The fourth-order valence-corrected chi connectivity index (χ4v) is 3.24. The van der Waals surface area contributed by atoms with Crippen molar-refractivity contribution in [1.29, 1.82) is 0 Å². The van der Waals surface area contributed by atoms with Gasteiger partial charge in [0.05, 0.1) is 12.4 Å². The van der Waals surface area contributed by atoms with Crippen LogP contribution in [0, 0.1) is 5.92 Å². The van der Waals surface area contributed by atoms with Gasteiger partial charge >= 0.3 is 0 Å². The third-order valence-electron chi connectivity index (χ3n) is 4.52. The Hall–Kier alpha value is -2.42. The van der Waals surface area contributed by atoms with E-state index in [1.807, 2.05) is 13.8 Å². The van der Waals surface area contributed by atoms with Crippen LogP contribution >= 0.6 is 0 Å². The molecule has 9 nitrogen and oxygen atoms in total. The highest BCUT2D eigenvalue weighted by atomic mass is 16.2. The molecular weight excluding hydrogens is 336 g/mol. The van der Waals surface area contributed by atoms with E-state index in [4.69, 9.17) is 11.5 Å².